The maximum Gasteiger partial charge on any atom is 0.134 e. The van der Waals surface area contributed by atoms with Crippen LogP contribution in [0.1, 0.15) is 22.3 Å². The van der Waals surface area contributed by atoms with Crippen LogP contribution in [0.15, 0.2) is 60.7 Å². The SMILES string of the molecule is Cc1ccc(CCc2cc(F)c(-c3ccc(C)cc3)c(F)c2)cc1. The summed E-state index contributed by atoms with van der Waals surface area (Å²) >= 11 is 0. The molecule has 24 heavy (non-hydrogen) atoms. The predicted molar refractivity (Wildman–Crippen MR) is 95.1 cm³/mol. The predicted octanol–water partition coefficient (Wildman–Crippen LogP) is 6.03. The molecule has 0 nitrogen and oxygen atoms in total. The molecule has 3 aromatic rings. The number of aryl methyl sites for hydroxylation is 4. The van der Waals surface area contributed by atoms with Crippen molar-refractivity contribution in [3.8, 4) is 11.1 Å². The summed E-state index contributed by atoms with van der Waals surface area (Å²) in [6.07, 6.45) is 1.38. The van der Waals surface area contributed by atoms with E-state index in [0.717, 1.165) is 12.0 Å². The van der Waals surface area contributed by atoms with Crippen molar-refractivity contribution in [2.45, 2.75) is 26.7 Å². The molecule has 3 rings (SSSR count). The second-order valence-corrected chi connectivity index (χ2v) is 6.29. The molecule has 0 amide bonds. The number of halogens is 2. The summed E-state index contributed by atoms with van der Waals surface area (Å²) in [5.74, 6) is -1.00. The van der Waals surface area contributed by atoms with Gasteiger partial charge in [0.15, 0.2) is 0 Å². The van der Waals surface area contributed by atoms with Crippen LogP contribution in [0.5, 0.6) is 0 Å². The third-order valence-corrected chi connectivity index (χ3v) is 4.27. The minimum Gasteiger partial charge on any atom is -0.206 e. The van der Waals surface area contributed by atoms with Gasteiger partial charge in [-0.05, 0) is 55.5 Å². The first-order valence-electron chi connectivity index (χ1n) is 8.13. The fraction of sp³-hybridized carbons (Fsp3) is 0.182. The van der Waals surface area contributed by atoms with E-state index in [9.17, 15) is 8.78 Å². The van der Waals surface area contributed by atoms with Gasteiger partial charge in [-0.25, -0.2) is 8.78 Å². The highest BCUT2D eigenvalue weighted by Gasteiger charge is 2.13. The molecule has 0 saturated heterocycles. The maximum absolute atomic E-state index is 14.4. The van der Waals surface area contributed by atoms with Gasteiger partial charge in [-0.3, -0.25) is 0 Å². The minimum absolute atomic E-state index is 0.0501. The van der Waals surface area contributed by atoms with Crippen molar-refractivity contribution in [1.82, 2.24) is 0 Å². The van der Waals surface area contributed by atoms with Crippen molar-refractivity contribution in [2.75, 3.05) is 0 Å². The normalized spacial score (nSPS) is 10.8. The topological polar surface area (TPSA) is 0 Å². The lowest BCUT2D eigenvalue weighted by atomic mass is 9.98. The number of hydrogen-bond acceptors (Lipinski definition) is 0. The number of hydrogen-bond donors (Lipinski definition) is 0. The highest BCUT2D eigenvalue weighted by molar-refractivity contribution is 5.65. The molecule has 0 N–H and O–H groups in total. The molecule has 0 heterocycles. The fourth-order valence-corrected chi connectivity index (χ4v) is 2.81. The molecule has 0 spiro atoms. The Kier molecular flexibility index (Phi) is 4.75. The summed E-state index contributed by atoms with van der Waals surface area (Å²) < 4.78 is 28.9. The summed E-state index contributed by atoms with van der Waals surface area (Å²) in [6.45, 7) is 3.99. The van der Waals surface area contributed by atoms with Crippen LogP contribution in [-0.2, 0) is 12.8 Å². The molecular formula is C22H20F2. The molecule has 0 atom stereocenters. The summed E-state index contributed by atoms with van der Waals surface area (Å²) in [5.41, 5.74) is 4.74. The quantitative estimate of drug-likeness (QED) is 0.550. The number of rotatable bonds is 4. The Morgan fingerprint density at radius 2 is 1.08 bits per heavy atom. The summed E-state index contributed by atoms with van der Waals surface area (Å²) in [5, 5.41) is 0. The summed E-state index contributed by atoms with van der Waals surface area (Å²) in [7, 11) is 0. The minimum atomic E-state index is -0.502. The van der Waals surface area contributed by atoms with Crippen molar-refractivity contribution in [3.63, 3.8) is 0 Å². The lowest BCUT2D eigenvalue weighted by Gasteiger charge is -2.09. The van der Waals surface area contributed by atoms with Crippen LogP contribution < -0.4 is 0 Å². The van der Waals surface area contributed by atoms with Crippen LogP contribution in [0.4, 0.5) is 8.78 Å². The third kappa shape index (κ3) is 3.70. The highest BCUT2D eigenvalue weighted by atomic mass is 19.1. The Morgan fingerprint density at radius 1 is 0.625 bits per heavy atom. The smallest absolute Gasteiger partial charge is 0.134 e. The first-order valence-corrected chi connectivity index (χ1v) is 8.13. The second kappa shape index (κ2) is 6.96. The molecule has 0 bridgehead atoms. The van der Waals surface area contributed by atoms with E-state index < -0.39 is 11.6 Å². The van der Waals surface area contributed by atoms with Crippen LogP contribution >= 0.6 is 0 Å². The maximum atomic E-state index is 14.4. The molecule has 0 saturated carbocycles. The van der Waals surface area contributed by atoms with E-state index in [1.807, 2.05) is 26.0 Å². The van der Waals surface area contributed by atoms with Gasteiger partial charge in [0.05, 0.1) is 5.56 Å². The van der Waals surface area contributed by atoms with Crippen molar-refractivity contribution in [2.24, 2.45) is 0 Å². The molecule has 0 unspecified atom stereocenters. The van der Waals surface area contributed by atoms with Gasteiger partial charge >= 0.3 is 0 Å². The average molecular weight is 322 g/mol. The van der Waals surface area contributed by atoms with E-state index in [1.165, 1.54) is 23.3 Å². The molecule has 2 heteroatoms. The lowest BCUT2D eigenvalue weighted by molar-refractivity contribution is 0.585. The Bertz CT molecular complexity index is 808. The van der Waals surface area contributed by atoms with Gasteiger partial charge in [0.25, 0.3) is 0 Å². The highest BCUT2D eigenvalue weighted by Crippen LogP contribution is 2.28. The molecule has 0 aliphatic heterocycles. The molecular weight excluding hydrogens is 302 g/mol. The second-order valence-electron chi connectivity index (χ2n) is 6.29. The monoisotopic (exact) mass is 322 g/mol. The molecule has 0 aromatic heterocycles. The molecule has 122 valence electrons. The van der Waals surface area contributed by atoms with E-state index in [-0.39, 0.29) is 5.56 Å². The van der Waals surface area contributed by atoms with Crippen molar-refractivity contribution < 1.29 is 8.78 Å². The van der Waals surface area contributed by atoms with E-state index in [4.69, 9.17) is 0 Å². The van der Waals surface area contributed by atoms with Gasteiger partial charge in [0.2, 0.25) is 0 Å². The van der Waals surface area contributed by atoms with Crippen LogP contribution in [0.25, 0.3) is 11.1 Å². The molecule has 0 aliphatic carbocycles. The lowest BCUT2D eigenvalue weighted by Crippen LogP contribution is -1.97. The fourth-order valence-electron chi connectivity index (χ4n) is 2.81. The van der Waals surface area contributed by atoms with Crippen molar-refractivity contribution in [3.05, 3.63) is 94.6 Å². The van der Waals surface area contributed by atoms with E-state index >= 15 is 0 Å². The molecule has 0 fully saturated rings. The Balaban J connectivity index is 1.81. The molecule has 3 aromatic carbocycles. The first-order chi connectivity index (χ1) is 11.5. The third-order valence-electron chi connectivity index (χ3n) is 4.27. The van der Waals surface area contributed by atoms with E-state index in [2.05, 4.69) is 24.3 Å². The van der Waals surface area contributed by atoms with Crippen LogP contribution in [0, 0.1) is 25.5 Å². The van der Waals surface area contributed by atoms with Crippen LogP contribution in [0.3, 0.4) is 0 Å². The molecule has 0 aliphatic rings. The Morgan fingerprint density at radius 3 is 1.62 bits per heavy atom. The average Bonchev–Trinajstić information content (AvgIpc) is 2.55. The van der Waals surface area contributed by atoms with Crippen LogP contribution in [0.2, 0.25) is 0 Å². The van der Waals surface area contributed by atoms with Crippen molar-refractivity contribution >= 4 is 0 Å². The zero-order chi connectivity index (χ0) is 17.1. The Hall–Kier alpha value is -2.48. The van der Waals surface area contributed by atoms with Gasteiger partial charge in [-0.1, -0.05) is 59.7 Å². The van der Waals surface area contributed by atoms with Gasteiger partial charge in [0, 0.05) is 0 Å². The summed E-state index contributed by atoms with van der Waals surface area (Å²) in [4.78, 5) is 0. The molecule has 0 radical (unpaired) electrons. The first kappa shape index (κ1) is 16.4. The Labute approximate surface area is 141 Å². The zero-order valence-corrected chi connectivity index (χ0v) is 13.9. The summed E-state index contributed by atoms with van der Waals surface area (Å²) in [6, 6.07) is 18.4. The van der Waals surface area contributed by atoms with Gasteiger partial charge in [-0.15, -0.1) is 0 Å². The zero-order valence-electron chi connectivity index (χ0n) is 13.9. The van der Waals surface area contributed by atoms with Gasteiger partial charge < -0.3 is 0 Å². The van der Waals surface area contributed by atoms with Crippen LogP contribution in [-0.4, -0.2) is 0 Å². The van der Waals surface area contributed by atoms with Gasteiger partial charge in [0.1, 0.15) is 11.6 Å². The van der Waals surface area contributed by atoms with E-state index in [0.29, 0.717) is 17.5 Å². The van der Waals surface area contributed by atoms with Crippen molar-refractivity contribution in [1.29, 1.82) is 0 Å². The largest absolute Gasteiger partial charge is 0.206 e. The number of benzene rings is 3. The standard InChI is InChI=1S/C22H20F2/c1-15-3-7-17(8-4-15)9-10-18-13-20(23)22(21(24)14-18)19-11-5-16(2)6-12-19/h3-8,11-14H,9-10H2,1-2H3. The van der Waals surface area contributed by atoms with Gasteiger partial charge in [-0.2, -0.15) is 0 Å². The van der Waals surface area contributed by atoms with E-state index in [1.54, 1.807) is 12.1 Å².